The van der Waals surface area contributed by atoms with Gasteiger partial charge >= 0.3 is 0 Å². The number of Topliss-reactive ketones (excluding diaryl/α,β-unsaturated/α-hetero) is 1. The topological polar surface area (TPSA) is 177 Å². The summed E-state index contributed by atoms with van der Waals surface area (Å²) in [5, 5.41) is 47.5. The molecule has 12 nitrogen and oxygen atoms in total. The maximum absolute atomic E-state index is 13.3. The van der Waals surface area contributed by atoms with Crippen LogP contribution in [0.25, 0.3) is 0 Å². The van der Waals surface area contributed by atoms with Crippen molar-refractivity contribution < 1.29 is 49.4 Å². The van der Waals surface area contributed by atoms with Crippen LogP contribution in [0, 0.1) is 0 Å². The van der Waals surface area contributed by atoms with Gasteiger partial charge in [-0.1, -0.05) is 19.3 Å². The first-order valence-corrected chi connectivity index (χ1v) is 12.5. The maximum Gasteiger partial charge on any atom is 0.260 e. The molecule has 1 aliphatic carbocycles. The molecule has 1 aromatic rings. The number of hydrogen-bond acceptors (Lipinski definition) is 10. The van der Waals surface area contributed by atoms with E-state index in [1.165, 1.54) is 28.0 Å². The minimum atomic E-state index is -1.55. The summed E-state index contributed by atoms with van der Waals surface area (Å²) < 4.78 is 11.2. The van der Waals surface area contributed by atoms with E-state index in [4.69, 9.17) is 29.9 Å². The zero-order valence-corrected chi connectivity index (χ0v) is 21.0. The lowest BCUT2D eigenvalue weighted by molar-refractivity contribution is -0.134. The summed E-state index contributed by atoms with van der Waals surface area (Å²) >= 11 is 0. The van der Waals surface area contributed by atoms with Crippen molar-refractivity contribution in [3.63, 3.8) is 0 Å². The van der Waals surface area contributed by atoms with Gasteiger partial charge in [0.1, 0.15) is 17.1 Å². The molecule has 1 aromatic carbocycles. The molecule has 2 rings (SSSR count). The van der Waals surface area contributed by atoms with E-state index in [0.717, 1.165) is 6.42 Å². The number of aliphatic hydroxyl groups is 5. The average molecular weight is 527 g/mol. The van der Waals surface area contributed by atoms with Gasteiger partial charge in [0.25, 0.3) is 11.8 Å². The van der Waals surface area contributed by atoms with E-state index in [0.29, 0.717) is 25.7 Å². The minimum Gasteiger partial charge on any atom is -0.484 e. The van der Waals surface area contributed by atoms with Crippen molar-refractivity contribution in [2.75, 3.05) is 65.8 Å². The Morgan fingerprint density at radius 1 is 0.757 bits per heavy atom. The van der Waals surface area contributed by atoms with Gasteiger partial charge in [0, 0.05) is 32.2 Å². The predicted octanol–water partition coefficient (Wildman–Crippen LogP) is -1.05. The van der Waals surface area contributed by atoms with Crippen molar-refractivity contribution in [2.45, 2.75) is 37.7 Å². The van der Waals surface area contributed by atoms with Crippen LogP contribution in [-0.2, 0) is 9.59 Å². The molecule has 0 unspecified atom stereocenters. The van der Waals surface area contributed by atoms with Crippen LogP contribution < -0.4 is 9.47 Å². The fourth-order valence-corrected chi connectivity index (χ4v) is 4.19. The number of nitrogens with zero attached hydrogens (tertiary/aromatic N) is 2. The molecule has 0 radical (unpaired) electrons. The van der Waals surface area contributed by atoms with Gasteiger partial charge in [-0.2, -0.15) is 0 Å². The summed E-state index contributed by atoms with van der Waals surface area (Å²) in [6, 6.07) is 4.21. The van der Waals surface area contributed by atoms with Gasteiger partial charge in [-0.05, 0) is 25.0 Å². The molecular weight excluding hydrogens is 488 g/mol. The standard InChI is InChI=1S/C25H38N2O10/c28-12-8-26(9-13-29)22(32)17-36-19-4-5-20(24(34)25(35)6-2-1-3-7-25)21(16-19)37-18-23(33)27(10-14-30)11-15-31/h4-5,16,28-31,35H,1-3,6-15,17-18H2. The molecule has 0 atom stereocenters. The fourth-order valence-electron chi connectivity index (χ4n) is 4.19. The van der Waals surface area contributed by atoms with Gasteiger partial charge in [0.15, 0.2) is 19.0 Å². The molecule has 2 amide bonds. The Morgan fingerprint density at radius 3 is 1.73 bits per heavy atom. The summed E-state index contributed by atoms with van der Waals surface area (Å²) in [6.07, 6.45) is 2.95. The third kappa shape index (κ3) is 8.93. The third-order valence-corrected chi connectivity index (χ3v) is 6.20. The van der Waals surface area contributed by atoms with Gasteiger partial charge in [-0.15, -0.1) is 0 Å². The Morgan fingerprint density at radius 2 is 1.24 bits per heavy atom. The second-order valence-corrected chi connectivity index (χ2v) is 8.81. The number of amides is 2. The molecule has 0 aliphatic heterocycles. The molecule has 0 spiro atoms. The highest BCUT2D eigenvalue weighted by molar-refractivity contribution is 6.04. The van der Waals surface area contributed by atoms with Crippen molar-refractivity contribution in [3.8, 4) is 11.5 Å². The minimum absolute atomic E-state index is 0.00225. The van der Waals surface area contributed by atoms with Crippen LogP contribution in [0.5, 0.6) is 11.5 Å². The first-order chi connectivity index (χ1) is 17.8. The zero-order chi connectivity index (χ0) is 27.3. The molecule has 0 aromatic heterocycles. The molecular formula is C25H38N2O10. The number of ketones is 1. The quantitative estimate of drug-likeness (QED) is 0.167. The molecule has 1 fully saturated rings. The predicted molar refractivity (Wildman–Crippen MR) is 131 cm³/mol. The van der Waals surface area contributed by atoms with Crippen molar-refractivity contribution in [2.24, 2.45) is 0 Å². The number of hydrogen-bond donors (Lipinski definition) is 5. The monoisotopic (exact) mass is 526 g/mol. The lowest BCUT2D eigenvalue weighted by Gasteiger charge is -2.31. The van der Waals surface area contributed by atoms with Crippen LogP contribution in [0.15, 0.2) is 18.2 Å². The van der Waals surface area contributed by atoms with E-state index < -0.39 is 36.4 Å². The van der Waals surface area contributed by atoms with Crippen LogP contribution in [0.2, 0.25) is 0 Å². The molecule has 0 saturated heterocycles. The summed E-state index contributed by atoms with van der Waals surface area (Å²) in [5.41, 5.74) is -1.48. The van der Waals surface area contributed by atoms with Gasteiger partial charge in [0.2, 0.25) is 0 Å². The summed E-state index contributed by atoms with van der Waals surface area (Å²) in [6.45, 7) is -2.00. The number of rotatable bonds is 16. The molecule has 1 aliphatic rings. The molecule has 5 N–H and O–H groups in total. The Hall–Kier alpha value is -2.77. The molecule has 208 valence electrons. The molecule has 1 saturated carbocycles. The smallest absolute Gasteiger partial charge is 0.260 e. The summed E-state index contributed by atoms with van der Waals surface area (Å²) in [5.74, 6) is -1.38. The van der Waals surface area contributed by atoms with E-state index >= 15 is 0 Å². The SMILES string of the molecule is O=C(COc1ccc(C(=O)C2(O)CCCCC2)c(OCC(=O)N(CCO)CCO)c1)N(CCO)CCO. The lowest BCUT2D eigenvalue weighted by atomic mass is 9.79. The second kappa shape index (κ2) is 15.5. The number of carbonyl (C=O) groups is 3. The first-order valence-electron chi connectivity index (χ1n) is 12.5. The summed E-state index contributed by atoms with van der Waals surface area (Å²) in [7, 11) is 0. The first kappa shape index (κ1) is 30.5. The number of carbonyl (C=O) groups excluding carboxylic acids is 3. The Labute approximate surface area is 216 Å². The van der Waals surface area contributed by atoms with Crippen molar-refractivity contribution in [1.82, 2.24) is 9.80 Å². The molecule has 37 heavy (non-hydrogen) atoms. The van der Waals surface area contributed by atoms with Gasteiger partial charge in [-0.3, -0.25) is 14.4 Å². The number of aliphatic hydroxyl groups excluding tert-OH is 4. The van der Waals surface area contributed by atoms with Crippen LogP contribution in [0.3, 0.4) is 0 Å². The zero-order valence-electron chi connectivity index (χ0n) is 21.0. The van der Waals surface area contributed by atoms with Gasteiger partial charge < -0.3 is 44.8 Å². The van der Waals surface area contributed by atoms with Crippen LogP contribution in [0.4, 0.5) is 0 Å². The van der Waals surface area contributed by atoms with E-state index in [-0.39, 0.29) is 69.7 Å². The number of ether oxygens (including phenoxy) is 2. The van der Waals surface area contributed by atoms with E-state index in [1.807, 2.05) is 0 Å². The van der Waals surface area contributed by atoms with Crippen LogP contribution in [-0.4, -0.2) is 124 Å². The Kier molecular flexibility index (Phi) is 12.7. The maximum atomic E-state index is 13.3. The third-order valence-electron chi connectivity index (χ3n) is 6.20. The largest absolute Gasteiger partial charge is 0.484 e. The van der Waals surface area contributed by atoms with Gasteiger partial charge in [-0.25, -0.2) is 0 Å². The van der Waals surface area contributed by atoms with Crippen molar-refractivity contribution in [3.05, 3.63) is 23.8 Å². The van der Waals surface area contributed by atoms with E-state index in [2.05, 4.69) is 0 Å². The Balaban J connectivity index is 2.24. The Bertz CT molecular complexity index is 876. The van der Waals surface area contributed by atoms with Crippen LogP contribution >= 0.6 is 0 Å². The molecule has 0 heterocycles. The van der Waals surface area contributed by atoms with E-state index in [9.17, 15) is 19.5 Å². The second-order valence-electron chi connectivity index (χ2n) is 8.81. The number of benzene rings is 1. The van der Waals surface area contributed by atoms with Crippen molar-refractivity contribution >= 4 is 17.6 Å². The molecule has 0 bridgehead atoms. The van der Waals surface area contributed by atoms with Gasteiger partial charge in [0.05, 0.1) is 32.0 Å². The normalized spacial score (nSPS) is 14.6. The van der Waals surface area contributed by atoms with Crippen LogP contribution in [0.1, 0.15) is 42.5 Å². The summed E-state index contributed by atoms with van der Waals surface area (Å²) in [4.78, 5) is 40.7. The highest BCUT2D eigenvalue weighted by Gasteiger charge is 2.39. The van der Waals surface area contributed by atoms with E-state index in [1.54, 1.807) is 0 Å². The average Bonchev–Trinajstić information content (AvgIpc) is 2.90. The molecule has 12 heteroatoms. The highest BCUT2D eigenvalue weighted by atomic mass is 16.5. The fraction of sp³-hybridized carbons (Fsp3) is 0.640. The highest BCUT2D eigenvalue weighted by Crippen LogP contribution is 2.35. The van der Waals surface area contributed by atoms with Crippen molar-refractivity contribution in [1.29, 1.82) is 0 Å². The lowest BCUT2D eigenvalue weighted by Crippen LogP contribution is -2.41.